The zero-order chi connectivity index (χ0) is 13.2. The number of hydrogen-bond acceptors (Lipinski definition) is 2. The van der Waals surface area contributed by atoms with Gasteiger partial charge in [-0.1, -0.05) is 25.3 Å². The molecule has 4 nitrogen and oxygen atoms in total. The quantitative estimate of drug-likeness (QED) is 0.819. The number of amides is 1. The SMILES string of the molecule is O=C1CCC(n2ccccc2=O)N1C1CCCCC1. The highest BCUT2D eigenvalue weighted by Crippen LogP contribution is 2.34. The molecular weight excluding hydrogens is 240 g/mol. The van der Waals surface area contributed by atoms with Crippen molar-refractivity contribution in [3.05, 3.63) is 34.7 Å². The maximum Gasteiger partial charge on any atom is 0.252 e. The Hall–Kier alpha value is -1.58. The molecule has 3 rings (SSSR count). The summed E-state index contributed by atoms with van der Waals surface area (Å²) >= 11 is 0. The summed E-state index contributed by atoms with van der Waals surface area (Å²) in [5, 5.41) is 0. The second kappa shape index (κ2) is 5.19. The van der Waals surface area contributed by atoms with E-state index in [-0.39, 0.29) is 17.6 Å². The van der Waals surface area contributed by atoms with Crippen molar-refractivity contribution in [3.63, 3.8) is 0 Å². The van der Waals surface area contributed by atoms with E-state index in [2.05, 4.69) is 0 Å². The molecule has 2 heterocycles. The van der Waals surface area contributed by atoms with Gasteiger partial charge in [-0.25, -0.2) is 0 Å². The van der Waals surface area contributed by atoms with Gasteiger partial charge >= 0.3 is 0 Å². The highest BCUT2D eigenvalue weighted by atomic mass is 16.2. The van der Waals surface area contributed by atoms with Crippen LogP contribution in [0.5, 0.6) is 0 Å². The third-order valence-electron chi connectivity index (χ3n) is 4.37. The largest absolute Gasteiger partial charge is 0.319 e. The highest BCUT2D eigenvalue weighted by molar-refractivity contribution is 5.78. The molecular formula is C15H20N2O2. The van der Waals surface area contributed by atoms with Gasteiger partial charge in [0.1, 0.15) is 6.17 Å². The third-order valence-corrected chi connectivity index (χ3v) is 4.37. The molecule has 19 heavy (non-hydrogen) atoms. The minimum Gasteiger partial charge on any atom is -0.319 e. The maximum atomic E-state index is 12.2. The van der Waals surface area contributed by atoms with E-state index in [1.165, 1.54) is 19.3 Å². The van der Waals surface area contributed by atoms with E-state index in [1.54, 1.807) is 22.9 Å². The van der Waals surface area contributed by atoms with Crippen LogP contribution in [0.4, 0.5) is 0 Å². The maximum absolute atomic E-state index is 12.2. The number of nitrogens with zero attached hydrogens (tertiary/aromatic N) is 2. The molecule has 4 heteroatoms. The normalized spacial score (nSPS) is 24.9. The average Bonchev–Trinajstić information content (AvgIpc) is 2.82. The number of aromatic nitrogens is 1. The van der Waals surface area contributed by atoms with E-state index in [0.29, 0.717) is 12.5 Å². The first kappa shape index (κ1) is 12.5. The number of carbonyl (C=O) groups is 1. The number of carbonyl (C=O) groups excluding carboxylic acids is 1. The van der Waals surface area contributed by atoms with Crippen molar-refractivity contribution >= 4 is 5.91 Å². The predicted molar refractivity (Wildman–Crippen MR) is 72.7 cm³/mol. The van der Waals surface area contributed by atoms with Gasteiger partial charge in [-0.2, -0.15) is 0 Å². The van der Waals surface area contributed by atoms with E-state index in [0.717, 1.165) is 19.3 Å². The molecule has 1 saturated carbocycles. The van der Waals surface area contributed by atoms with E-state index in [4.69, 9.17) is 0 Å². The first-order valence-corrected chi connectivity index (χ1v) is 7.26. The van der Waals surface area contributed by atoms with Gasteiger partial charge < -0.3 is 4.90 Å². The second-order valence-electron chi connectivity index (χ2n) is 5.56. The van der Waals surface area contributed by atoms with Crippen LogP contribution >= 0.6 is 0 Å². The molecule has 1 atom stereocenters. The van der Waals surface area contributed by atoms with Crippen molar-refractivity contribution in [1.29, 1.82) is 0 Å². The Labute approximate surface area is 113 Å². The second-order valence-corrected chi connectivity index (χ2v) is 5.56. The van der Waals surface area contributed by atoms with E-state index in [9.17, 15) is 9.59 Å². The topological polar surface area (TPSA) is 42.3 Å². The molecule has 1 aromatic rings. The Balaban J connectivity index is 1.90. The van der Waals surface area contributed by atoms with Gasteiger partial charge in [0, 0.05) is 24.7 Å². The molecule has 1 unspecified atom stereocenters. The van der Waals surface area contributed by atoms with Crippen molar-refractivity contribution in [2.45, 2.75) is 57.2 Å². The minimum atomic E-state index is -0.0655. The average molecular weight is 260 g/mol. The molecule has 1 aliphatic carbocycles. The molecule has 0 spiro atoms. The molecule has 2 aliphatic rings. The first-order valence-electron chi connectivity index (χ1n) is 7.26. The zero-order valence-corrected chi connectivity index (χ0v) is 11.1. The van der Waals surface area contributed by atoms with Crippen LogP contribution in [-0.2, 0) is 4.79 Å². The molecule has 102 valence electrons. The number of hydrogen-bond donors (Lipinski definition) is 0. The summed E-state index contributed by atoms with van der Waals surface area (Å²) < 4.78 is 1.72. The Morgan fingerprint density at radius 3 is 2.53 bits per heavy atom. The number of pyridine rings is 1. The molecule has 1 aromatic heterocycles. The monoisotopic (exact) mass is 260 g/mol. The van der Waals surface area contributed by atoms with Crippen molar-refractivity contribution in [2.75, 3.05) is 0 Å². The van der Waals surface area contributed by atoms with Crippen molar-refractivity contribution in [3.8, 4) is 0 Å². The van der Waals surface area contributed by atoms with Crippen LogP contribution in [0.25, 0.3) is 0 Å². The molecule has 0 radical (unpaired) electrons. The molecule has 1 aliphatic heterocycles. The van der Waals surface area contributed by atoms with Crippen LogP contribution in [0.1, 0.15) is 51.1 Å². The van der Waals surface area contributed by atoms with Gasteiger partial charge in [0.15, 0.2) is 0 Å². The molecule has 0 bridgehead atoms. The molecule has 2 fully saturated rings. The summed E-state index contributed by atoms with van der Waals surface area (Å²) in [5.74, 6) is 0.215. The summed E-state index contributed by atoms with van der Waals surface area (Å²) in [5.41, 5.74) is -0.0111. The lowest BCUT2D eigenvalue weighted by Gasteiger charge is -2.36. The number of likely N-dealkylation sites (tertiary alicyclic amines) is 1. The fraction of sp³-hybridized carbons (Fsp3) is 0.600. The van der Waals surface area contributed by atoms with Crippen LogP contribution in [-0.4, -0.2) is 21.4 Å². The van der Waals surface area contributed by atoms with Crippen LogP contribution in [0, 0.1) is 0 Å². The predicted octanol–water partition coefficient (Wildman–Crippen LogP) is 2.30. The summed E-state index contributed by atoms with van der Waals surface area (Å²) in [4.78, 5) is 26.1. The summed E-state index contributed by atoms with van der Waals surface area (Å²) in [6.07, 6.45) is 8.92. The molecule has 1 saturated heterocycles. The smallest absolute Gasteiger partial charge is 0.252 e. The van der Waals surface area contributed by atoms with Crippen molar-refractivity contribution < 1.29 is 4.79 Å². The molecule has 1 amide bonds. The fourth-order valence-corrected chi connectivity index (χ4v) is 3.45. The van der Waals surface area contributed by atoms with Gasteiger partial charge in [0.05, 0.1) is 0 Å². The highest BCUT2D eigenvalue weighted by Gasteiger charge is 2.37. The van der Waals surface area contributed by atoms with Crippen molar-refractivity contribution in [1.82, 2.24) is 9.47 Å². The zero-order valence-electron chi connectivity index (χ0n) is 11.1. The number of rotatable bonds is 2. The summed E-state index contributed by atoms with van der Waals surface area (Å²) in [6.45, 7) is 0. The van der Waals surface area contributed by atoms with Gasteiger partial charge in [-0.05, 0) is 25.3 Å². The van der Waals surface area contributed by atoms with Crippen LogP contribution in [0.3, 0.4) is 0 Å². The summed E-state index contributed by atoms with van der Waals surface area (Å²) in [7, 11) is 0. The molecule has 0 aromatic carbocycles. The van der Waals surface area contributed by atoms with Gasteiger partial charge in [0.2, 0.25) is 5.91 Å². The van der Waals surface area contributed by atoms with E-state index < -0.39 is 0 Å². The Bertz CT molecular complexity index is 517. The Morgan fingerprint density at radius 1 is 1.00 bits per heavy atom. The first-order chi connectivity index (χ1) is 9.27. The Morgan fingerprint density at radius 2 is 1.79 bits per heavy atom. The lowest BCUT2D eigenvalue weighted by molar-refractivity contribution is -0.133. The van der Waals surface area contributed by atoms with Gasteiger partial charge in [-0.3, -0.25) is 14.2 Å². The van der Waals surface area contributed by atoms with Crippen molar-refractivity contribution in [2.24, 2.45) is 0 Å². The van der Waals surface area contributed by atoms with E-state index in [1.807, 2.05) is 11.0 Å². The molecule has 0 N–H and O–H groups in total. The Kier molecular flexibility index (Phi) is 3.40. The third kappa shape index (κ3) is 2.31. The van der Waals surface area contributed by atoms with Crippen LogP contribution in [0.2, 0.25) is 0 Å². The van der Waals surface area contributed by atoms with E-state index >= 15 is 0 Å². The van der Waals surface area contributed by atoms with Gasteiger partial charge in [0.25, 0.3) is 5.56 Å². The van der Waals surface area contributed by atoms with Crippen LogP contribution in [0.15, 0.2) is 29.2 Å². The fourth-order valence-electron chi connectivity index (χ4n) is 3.45. The minimum absolute atomic E-state index is 0.0111. The lowest BCUT2D eigenvalue weighted by Crippen LogP contribution is -2.43. The lowest BCUT2D eigenvalue weighted by atomic mass is 9.94. The summed E-state index contributed by atoms with van der Waals surface area (Å²) in [6, 6.07) is 5.52. The van der Waals surface area contributed by atoms with Crippen LogP contribution < -0.4 is 5.56 Å². The van der Waals surface area contributed by atoms with Gasteiger partial charge in [-0.15, -0.1) is 0 Å². The standard InChI is InChI=1S/C15H20N2O2/c18-14-8-4-5-11-16(14)13-9-10-15(19)17(13)12-6-2-1-3-7-12/h4-5,8,11-13H,1-3,6-7,9-10H2.